The largest absolute Gasteiger partial charge is 0.488 e. The molecule has 2 saturated heterocycles. The standard InChI is InChI=1S/C18H27NO.C10H12ClN.CH3NO/c1-18(2)10-9-16-14-15(7-8-17(16)20-18)6-5-13-19-11-3-4-12-19;11-9-3-5-10(6-4-9)12-7-1-2-8-12;2-1-3/h7-8,14H,3-6,9-13H2,1-2H3;3-6H,1-2,7-8H2;1H,(H2,2,3). The quantitative estimate of drug-likeness (QED) is 0.523. The summed E-state index contributed by atoms with van der Waals surface area (Å²) in [6, 6.07) is 14.9. The fourth-order valence-electron chi connectivity index (χ4n) is 5.01. The molecule has 192 valence electrons. The van der Waals surface area contributed by atoms with Gasteiger partial charge >= 0.3 is 0 Å². The highest BCUT2D eigenvalue weighted by Crippen LogP contribution is 2.33. The van der Waals surface area contributed by atoms with Crippen LogP contribution in [0.4, 0.5) is 5.69 Å². The van der Waals surface area contributed by atoms with E-state index in [0.717, 1.165) is 23.6 Å². The van der Waals surface area contributed by atoms with E-state index in [1.54, 1.807) is 0 Å². The lowest BCUT2D eigenvalue weighted by molar-refractivity contribution is -0.106. The number of nitrogens with two attached hydrogens (primary N) is 1. The Bertz CT molecular complexity index is 905. The number of aryl methyl sites for hydroxylation is 2. The van der Waals surface area contributed by atoms with E-state index >= 15 is 0 Å². The van der Waals surface area contributed by atoms with Crippen LogP contribution in [0.25, 0.3) is 0 Å². The van der Waals surface area contributed by atoms with Gasteiger partial charge in [0.1, 0.15) is 11.4 Å². The average molecular weight is 500 g/mol. The van der Waals surface area contributed by atoms with Gasteiger partial charge in [0.25, 0.3) is 0 Å². The van der Waals surface area contributed by atoms with Crippen LogP contribution in [0.15, 0.2) is 42.5 Å². The molecule has 2 fully saturated rings. The van der Waals surface area contributed by atoms with Gasteiger partial charge in [-0.3, -0.25) is 4.79 Å². The van der Waals surface area contributed by atoms with E-state index in [0.29, 0.717) is 0 Å². The Labute approximate surface area is 216 Å². The lowest BCUT2D eigenvalue weighted by atomic mass is 9.93. The molecular formula is C29H42ClN3O2. The molecule has 5 rings (SSSR count). The molecule has 2 aromatic carbocycles. The lowest BCUT2D eigenvalue weighted by Crippen LogP contribution is -2.32. The van der Waals surface area contributed by atoms with Gasteiger partial charge in [0, 0.05) is 23.8 Å². The zero-order valence-electron chi connectivity index (χ0n) is 21.5. The lowest BCUT2D eigenvalue weighted by Gasteiger charge is -2.32. The van der Waals surface area contributed by atoms with Crippen LogP contribution in [-0.4, -0.2) is 49.6 Å². The van der Waals surface area contributed by atoms with Crippen LogP contribution in [0, 0.1) is 0 Å². The number of rotatable bonds is 5. The van der Waals surface area contributed by atoms with Gasteiger partial charge in [0.05, 0.1) is 0 Å². The number of benzene rings is 2. The van der Waals surface area contributed by atoms with Gasteiger partial charge in [-0.05, 0) is 126 Å². The van der Waals surface area contributed by atoms with Crippen molar-refractivity contribution in [3.05, 3.63) is 58.6 Å². The van der Waals surface area contributed by atoms with E-state index in [-0.39, 0.29) is 12.0 Å². The summed E-state index contributed by atoms with van der Waals surface area (Å²) < 4.78 is 6.05. The summed E-state index contributed by atoms with van der Waals surface area (Å²) in [5.41, 5.74) is 8.36. The molecule has 6 heteroatoms. The number of carbonyl (C=O) groups is 1. The van der Waals surface area contributed by atoms with Crippen LogP contribution in [0.2, 0.25) is 5.02 Å². The maximum absolute atomic E-state index is 8.58. The molecule has 0 bridgehead atoms. The van der Waals surface area contributed by atoms with Crippen LogP contribution < -0.4 is 15.4 Å². The van der Waals surface area contributed by atoms with Crippen molar-refractivity contribution in [2.24, 2.45) is 5.73 Å². The minimum Gasteiger partial charge on any atom is -0.488 e. The molecule has 0 aromatic heterocycles. The normalized spacial score (nSPS) is 18.4. The Morgan fingerprint density at radius 3 is 2.29 bits per heavy atom. The third-order valence-corrected chi connectivity index (χ3v) is 7.20. The highest BCUT2D eigenvalue weighted by Gasteiger charge is 2.26. The monoisotopic (exact) mass is 499 g/mol. The number of halogens is 1. The first-order valence-corrected chi connectivity index (χ1v) is 13.5. The van der Waals surface area contributed by atoms with Gasteiger partial charge in [-0.25, -0.2) is 0 Å². The van der Waals surface area contributed by atoms with E-state index in [1.807, 2.05) is 12.1 Å². The van der Waals surface area contributed by atoms with Gasteiger partial charge in [0.2, 0.25) is 6.41 Å². The Morgan fingerprint density at radius 1 is 1.00 bits per heavy atom. The molecule has 0 aliphatic carbocycles. The highest BCUT2D eigenvalue weighted by molar-refractivity contribution is 6.30. The molecule has 3 aliphatic heterocycles. The van der Waals surface area contributed by atoms with Crippen molar-refractivity contribution < 1.29 is 9.53 Å². The van der Waals surface area contributed by atoms with Gasteiger partial charge in [-0.15, -0.1) is 0 Å². The number of amides is 1. The van der Waals surface area contributed by atoms with Crippen LogP contribution in [0.3, 0.4) is 0 Å². The molecule has 5 nitrogen and oxygen atoms in total. The second-order valence-corrected chi connectivity index (χ2v) is 10.7. The molecular weight excluding hydrogens is 458 g/mol. The Balaban J connectivity index is 0.000000194. The second-order valence-electron chi connectivity index (χ2n) is 10.3. The predicted octanol–water partition coefficient (Wildman–Crippen LogP) is 5.86. The van der Waals surface area contributed by atoms with Gasteiger partial charge in [0.15, 0.2) is 0 Å². The number of fused-ring (bicyclic) bond motifs is 1. The fourth-order valence-corrected chi connectivity index (χ4v) is 5.13. The van der Waals surface area contributed by atoms with E-state index in [1.165, 1.54) is 88.1 Å². The molecule has 2 aromatic rings. The predicted molar refractivity (Wildman–Crippen MR) is 147 cm³/mol. The number of anilines is 1. The zero-order valence-corrected chi connectivity index (χ0v) is 22.2. The smallest absolute Gasteiger partial charge is 0.204 e. The van der Waals surface area contributed by atoms with Crippen molar-refractivity contribution in [3.8, 4) is 5.75 Å². The number of nitrogens with zero attached hydrogens (tertiary/aromatic N) is 2. The molecule has 0 radical (unpaired) electrons. The summed E-state index contributed by atoms with van der Waals surface area (Å²) in [6.07, 6.45) is 10.4. The zero-order chi connectivity index (χ0) is 25.1. The first-order chi connectivity index (χ1) is 16.9. The second kappa shape index (κ2) is 13.7. The van der Waals surface area contributed by atoms with Gasteiger partial charge in [-0.1, -0.05) is 23.7 Å². The van der Waals surface area contributed by atoms with Crippen molar-refractivity contribution in [2.45, 2.75) is 70.8 Å². The fraction of sp³-hybridized carbons (Fsp3) is 0.552. The average Bonchev–Trinajstić information content (AvgIpc) is 3.55. The first kappa shape index (κ1) is 27.3. The molecule has 0 spiro atoms. The number of primary amides is 1. The Hall–Kier alpha value is -2.24. The minimum atomic E-state index is 0.00424. The molecule has 0 atom stereocenters. The molecule has 35 heavy (non-hydrogen) atoms. The highest BCUT2D eigenvalue weighted by atomic mass is 35.5. The summed E-state index contributed by atoms with van der Waals surface area (Å²) >= 11 is 5.80. The van der Waals surface area contributed by atoms with Crippen molar-refractivity contribution >= 4 is 23.7 Å². The van der Waals surface area contributed by atoms with Crippen LogP contribution >= 0.6 is 11.6 Å². The van der Waals surface area contributed by atoms with E-state index in [4.69, 9.17) is 21.1 Å². The Kier molecular flexibility index (Phi) is 10.7. The molecule has 2 N–H and O–H groups in total. The summed E-state index contributed by atoms with van der Waals surface area (Å²) in [5, 5.41) is 0.818. The minimum absolute atomic E-state index is 0.00424. The molecule has 0 unspecified atom stereocenters. The SMILES string of the molecule is CC1(C)CCc2cc(CCCN3CCCC3)ccc2O1.Clc1ccc(N2CCCC2)cc1.NC=O. The molecule has 0 saturated carbocycles. The molecule has 3 aliphatic rings. The van der Waals surface area contributed by atoms with Gasteiger partial charge < -0.3 is 20.3 Å². The third-order valence-electron chi connectivity index (χ3n) is 6.94. The first-order valence-electron chi connectivity index (χ1n) is 13.1. The maximum Gasteiger partial charge on any atom is 0.204 e. The topological polar surface area (TPSA) is 58.8 Å². The van der Waals surface area contributed by atoms with E-state index < -0.39 is 0 Å². The number of carbonyl (C=O) groups excluding carboxylic acids is 1. The summed E-state index contributed by atoms with van der Waals surface area (Å²) in [7, 11) is 0. The van der Waals surface area contributed by atoms with Crippen molar-refractivity contribution in [1.82, 2.24) is 4.90 Å². The van der Waals surface area contributed by atoms with E-state index in [2.05, 4.69) is 59.7 Å². The maximum atomic E-state index is 8.58. The van der Waals surface area contributed by atoms with Crippen molar-refractivity contribution in [2.75, 3.05) is 37.6 Å². The van der Waals surface area contributed by atoms with Crippen LogP contribution in [0.5, 0.6) is 5.75 Å². The molecule has 3 heterocycles. The van der Waals surface area contributed by atoms with Crippen molar-refractivity contribution in [3.63, 3.8) is 0 Å². The summed E-state index contributed by atoms with van der Waals surface area (Å²) in [4.78, 5) is 13.6. The van der Waals surface area contributed by atoms with E-state index in [9.17, 15) is 0 Å². The van der Waals surface area contributed by atoms with Crippen LogP contribution in [-0.2, 0) is 17.6 Å². The van der Waals surface area contributed by atoms with Crippen LogP contribution in [0.1, 0.15) is 63.5 Å². The third kappa shape index (κ3) is 9.05. The summed E-state index contributed by atoms with van der Waals surface area (Å²) in [6.45, 7) is 10.6. The van der Waals surface area contributed by atoms with Crippen molar-refractivity contribution in [1.29, 1.82) is 0 Å². The number of likely N-dealkylation sites (tertiary alicyclic amines) is 1. The summed E-state index contributed by atoms with van der Waals surface area (Å²) in [5.74, 6) is 1.10. The number of hydrogen-bond acceptors (Lipinski definition) is 4. The number of hydrogen-bond donors (Lipinski definition) is 1. The van der Waals surface area contributed by atoms with Gasteiger partial charge in [-0.2, -0.15) is 0 Å². The Morgan fingerprint density at radius 2 is 1.63 bits per heavy atom. The number of ether oxygens (including phenoxy) is 1. The molecule has 1 amide bonds.